The highest BCUT2D eigenvalue weighted by Crippen LogP contribution is 2.18. The topological polar surface area (TPSA) is 82.2 Å². The Morgan fingerprint density at radius 1 is 1.22 bits per heavy atom. The zero-order chi connectivity index (χ0) is 23.8. The van der Waals surface area contributed by atoms with Crippen molar-refractivity contribution in [3.05, 3.63) is 36.9 Å². The third-order valence-corrected chi connectivity index (χ3v) is 6.73. The van der Waals surface area contributed by atoms with Gasteiger partial charge in [0.25, 0.3) is 0 Å². The molecular weight excluding hydrogens is 449 g/mol. The number of rotatable bonds is 10. The highest BCUT2D eigenvalue weighted by molar-refractivity contribution is 7.89. The zero-order valence-corrected chi connectivity index (χ0v) is 18.8. The average molecular weight is 479 g/mol. The van der Waals surface area contributed by atoms with Crippen molar-refractivity contribution in [3.63, 3.8) is 0 Å². The fourth-order valence-electron chi connectivity index (χ4n) is 3.13. The van der Waals surface area contributed by atoms with E-state index in [2.05, 4.69) is 21.5 Å². The maximum absolute atomic E-state index is 12.5. The third kappa shape index (κ3) is 8.08. The quantitative estimate of drug-likeness (QED) is 0.413. The number of anilines is 1. The highest BCUT2D eigenvalue weighted by Gasteiger charge is 2.27. The number of nitrogens with one attached hydrogen (secondary N) is 1. The van der Waals surface area contributed by atoms with Crippen LogP contribution in [-0.4, -0.2) is 94.3 Å². The van der Waals surface area contributed by atoms with Gasteiger partial charge in [0.05, 0.1) is 4.90 Å². The largest absolute Gasteiger partial charge is 0.411 e. The number of hydrogen-bond acceptors (Lipinski definition) is 5. The van der Waals surface area contributed by atoms with Crippen LogP contribution in [0.3, 0.4) is 0 Å². The molecular formula is C20H29F3N4O4S. The third-order valence-electron chi connectivity index (χ3n) is 4.89. The van der Waals surface area contributed by atoms with Crippen molar-refractivity contribution in [1.29, 1.82) is 0 Å². The Hall–Kier alpha value is -2.15. The first-order chi connectivity index (χ1) is 15.0. The molecule has 0 atom stereocenters. The van der Waals surface area contributed by atoms with Gasteiger partial charge >= 0.3 is 12.2 Å². The van der Waals surface area contributed by atoms with E-state index in [1.165, 1.54) is 41.7 Å². The van der Waals surface area contributed by atoms with Crippen LogP contribution in [0.15, 0.2) is 41.8 Å². The molecule has 0 unspecified atom stereocenters. The standard InChI is InChI=1S/C20H29F3N4O4S/c1-3-9-25(2)32(29,30)18-7-5-17(6-8-18)24-19(28)27-13-11-26(12-14-27)10-4-15-31-16-20(21,22)23/h3,5-8H,1,4,9-16H2,2H3,(H,24,28). The number of ether oxygens (including phenoxy) is 1. The first-order valence-corrected chi connectivity index (χ1v) is 11.6. The number of piperazine rings is 1. The van der Waals surface area contributed by atoms with Crippen LogP contribution in [-0.2, 0) is 14.8 Å². The van der Waals surface area contributed by atoms with Crippen molar-refractivity contribution in [1.82, 2.24) is 14.1 Å². The van der Waals surface area contributed by atoms with Crippen molar-refractivity contribution in [2.75, 3.05) is 64.8 Å². The second kappa shape index (κ2) is 11.6. The van der Waals surface area contributed by atoms with Crippen LogP contribution in [0.4, 0.5) is 23.7 Å². The number of urea groups is 1. The number of nitrogens with zero attached hydrogens (tertiary/aromatic N) is 3. The summed E-state index contributed by atoms with van der Waals surface area (Å²) in [6.45, 7) is 5.30. The molecule has 32 heavy (non-hydrogen) atoms. The van der Waals surface area contributed by atoms with Gasteiger partial charge in [0.1, 0.15) is 6.61 Å². The summed E-state index contributed by atoms with van der Waals surface area (Å²) in [6.07, 6.45) is -2.33. The van der Waals surface area contributed by atoms with Gasteiger partial charge in [-0.05, 0) is 30.7 Å². The number of carbonyl (C=O) groups is 1. The summed E-state index contributed by atoms with van der Waals surface area (Å²) in [5, 5.41) is 2.75. The van der Waals surface area contributed by atoms with E-state index in [-0.39, 0.29) is 24.1 Å². The zero-order valence-electron chi connectivity index (χ0n) is 18.0. The van der Waals surface area contributed by atoms with E-state index in [1.807, 2.05) is 0 Å². The molecule has 1 heterocycles. The molecule has 1 aromatic carbocycles. The Morgan fingerprint density at radius 3 is 2.41 bits per heavy atom. The SMILES string of the molecule is C=CCN(C)S(=O)(=O)c1ccc(NC(=O)N2CCN(CCCOCC(F)(F)F)CC2)cc1. The molecule has 2 rings (SSSR count). The number of alkyl halides is 3. The lowest BCUT2D eigenvalue weighted by Gasteiger charge is -2.34. The maximum atomic E-state index is 12.5. The van der Waals surface area contributed by atoms with Crippen LogP contribution in [0, 0.1) is 0 Å². The Labute approximate surface area is 186 Å². The van der Waals surface area contributed by atoms with Gasteiger partial charge in [-0.1, -0.05) is 6.08 Å². The monoisotopic (exact) mass is 478 g/mol. The normalized spacial score (nSPS) is 15.7. The van der Waals surface area contributed by atoms with Crippen LogP contribution >= 0.6 is 0 Å². The van der Waals surface area contributed by atoms with Gasteiger partial charge in [-0.2, -0.15) is 17.5 Å². The first kappa shape index (κ1) is 26.1. The minimum Gasteiger partial charge on any atom is -0.372 e. The van der Waals surface area contributed by atoms with E-state index in [0.717, 1.165) is 0 Å². The molecule has 1 N–H and O–H groups in total. The van der Waals surface area contributed by atoms with E-state index in [9.17, 15) is 26.4 Å². The molecule has 1 fully saturated rings. The van der Waals surface area contributed by atoms with E-state index in [0.29, 0.717) is 44.8 Å². The van der Waals surface area contributed by atoms with Gasteiger partial charge < -0.3 is 15.0 Å². The Kier molecular flexibility index (Phi) is 9.49. The van der Waals surface area contributed by atoms with E-state index in [4.69, 9.17) is 0 Å². The molecule has 0 aliphatic carbocycles. The Balaban J connectivity index is 1.75. The van der Waals surface area contributed by atoms with Crippen LogP contribution in [0.25, 0.3) is 0 Å². The summed E-state index contributed by atoms with van der Waals surface area (Å²) >= 11 is 0. The second-order valence-electron chi connectivity index (χ2n) is 7.38. The number of benzene rings is 1. The lowest BCUT2D eigenvalue weighted by atomic mass is 10.3. The van der Waals surface area contributed by atoms with Crippen LogP contribution < -0.4 is 5.32 Å². The lowest BCUT2D eigenvalue weighted by Crippen LogP contribution is -2.50. The lowest BCUT2D eigenvalue weighted by molar-refractivity contribution is -0.174. The van der Waals surface area contributed by atoms with Gasteiger partial charge in [0.15, 0.2) is 0 Å². The number of hydrogen-bond donors (Lipinski definition) is 1. The fourth-order valence-corrected chi connectivity index (χ4v) is 4.27. The van der Waals surface area contributed by atoms with E-state index < -0.39 is 22.8 Å². The molecule has 180 valence electrons. The Morgan fingerprint density at radius 2 is 1.84 bits per heavy atom. The van der Waals surface area contributed by atoms with Crippen molar-refractivity contribution in [2.45, 2.75) is 17.5 Å². The molecule has 12 heteroatoms. The molecule has 0 radical (unpaired) electrons. The summed E-state index contributed by atoms with van der Waals surface area (Å²) in [7, 11) is -2.16. The average Bonchev–Trinajstić information content (AvgIpc) is 2.73. The van der Waals surface area contributed by atoms with Gasteiger partial charge in [-0.15, -0.1) is 6.58 Å². The van der Waals surface area contributed by atoms with Crippen molar-refractivity contribution in [2.24, 2.45) is 0 Å². The van der Waals surface area contributed by atoms with Gasteiger partial charge in [-0.25, -0.2) is 13.2 Å². The molecule has 1 saturated heterocycles. The summed E-state index contributed by atoms with van der Waals surface area (Å²) in [4.78, 5) is 16.3. The molecule has 0 bridgehead atoms. The first-order valence-electron chi connectivity index (χ1n) is 10.1. The Bertz CT molecular complexity index is 855. The van der Waals surface area contributed by atoms with Crippen molar-refractivity contribution in [3.8, 4) is 0 Å². The minimum absolute atomic E-state index is 0.0370. The molecule has 0 spiro atoms. The van der Waals surface area contributed by atoms with Crippen molar-refractivity contribution >= 4 is 21.7 Å². The van der Waals surface area contributed by atoms with Crippen molar-refractivity contribution < 1.29 is 31.1 Å². The summed E-state index contributed by atoms with van der Waals surface area (Å²) in [5.74, 6) is 0. The second-order valence-corrected chi connectivity index (χ2v) is 9.42. The molecule has 1 aliphatic heterocycles. The van der Waals surface area contributed by atoms with Gasteiger partial charge in [-0.3, -0.25) is 4.90 Å². The molecule has 1 aromatic rings. The van der Waals surface area contributed by atoms with E-state index in [1.54, 1.807) is 4.90 Å². The predicted octanol–water partition coefficient (Wildman–Crippen LogP) is 2.61. The number of amides is 2. The van der Waals surface area contributed by atoms with E-state index >= 15 is 0 Å². The summed E-state index contributed by atoms with van der Waals surface area (Å²) < 4.78 is 66.7. The molecule has 0 aromatic heterocycles. The predicted molar refractivity (Wildman–Crippen MR) is 115 cm³/mol. The van der Waals surface area contributed by atoms with Gasteiger partial charge in [0.2, 0.25) is 10.0 Å². The number of halogens is 3. The van der Waals surface area contributed by atoms with Crippen LogP contribution in [0.5, 0.6) is 0 Å². The molecule has 1 aliphatic rings. The highest BCUT2D eigenvalue weighted by atomic mass is 32.2. The summed E-state index contributed by atoms with van der Waals surface area (Å²) in [6, 6.07) is 5.64. The maximum Gasteiger partial charge on any atom is 0.411 e. The minimum atomic E-state index is -4.31. The van der Waals surface area contributed by atoms with Crippen LogP contribution in [0.2, 0.25) is 0 Å². The van der Waals surface area contributed by atoms with Crippen LogP contribution in [0.1, 0.15) is 6.42 Å². The summed E-state index contributed by atoms with van der Waals surface area (Å²) in [5.41, 5.74) is 0.476. The smallest absolute Gasteiger partial charge is 0.372 e. The molecule has 8 nitrogen and oxygen atoms in total. The number of carbonyl (C=O) groups excluding carboxylic acids is 1. The number of sulfonamides is 1. The number of likely N-dealkylation sites (N-methyl/N-ethyl adjacent to an activating group) is 1. The molecule has 0 saturated carbocycles. The molecule has 2 amide bonds. The fraction of sp³-hybridized carbons (Fsp3) is 0.550. The van der Waals surface area contributed by atoms with Gasteiger partial charge in [0, 0.05) is 58.6 Å².